The van der Waals surface area contributed by atoms with Crippen LogP contribution in [0.5, 0.6) is 11.5 Å². The predicted molar refractivity (Wildman–Crippen MR) is 86.0 cm³/mol. The van der Waals surface area contributed by atoms with Crippen LogP contribution in [0.1, 0.15) is 12.5 Å². The fourth-order valence-electron chi connectivity index (χ4n) is 2.16. The summed E-state index contributed by atoms with van der Waals surface area (Å²) in [7, 11) is 0. The number of aryl methyl sites for hydroxylation is 1. The van der Waals surface area contributed by atoms with Crippen LogP contribution in [-0.2, 0) is 13.1 Å². The van der Waals surface area contributed by atoms with E-state index in [9.17, 15) is 0 Å². The van der Waals surface area contributed by atoms with Crippen LogP contribution in [0.4, 0.5) is 5.95 Å². The highest BCUT2D eigenvalue weighted by molar-refractivity contribution is 5.35. The lowest BCUT2D eigenvalue weighted by atomic mass is 10.2. The van der Waals surface area contributed by atoms with Crippen LogP contribution in [0.25, 0.3) is 0 Å². The van der Waals surface area contributed by atoms with Crippen LogP contribution in [0.3, 0.4) is 0 Å². The smallest absolute Gasteiger partial charge is 0.221 e. The summed E-state index contributed by atoms with van der Waals surface area (Å²) in [6.45, 7) is 3.50. The van der Waals surface area contributed by atoms with Gasteiger partial charge in [0, 0.05) is 13.1 Å². The maximum atomic E-state index is 5.84. The average Bonchev–Trinajstić information content (AvgIpc) is 3.02. The molecule has 0 aliphatic rings. The second-order valence-electron chi connectivity index (χ2n) is 4.82. The molecular formula is C17H18N4O. The first-order chi connectivity index (χ1) is 10.8. The molecule has 0 amide bonds. The van der Waals surface area contributed by atoms with E-state index in [1.807, 2.05) is 60.1 Å². The Hall–Kier alpha value is -2.82. The molecule has 1 aromatic heterocycles. The number of ether oxygens (including phenoxy) is 1. The Kier molecular flexibility index (Phi) is 4.34. The first-order valence-corrected chi connectivity index (χ1v) is 7.28. The van der Waals surface area contributed by atoms with Gasteiger partial charge in [0.05, 0.1) is 0 Å². The van der Waals surface area contributed by atoms with Gasteiger partial charge in [-0.2, -0.15) is 10.1 Å². The lowest BCUT2D eigenvalue weighted by molar-refractivity contribution is 0.482. The van der Waals surface area contributed by atoms with E-state index in [4.69, 9.17) is 4.74 Å². The number of benzene rings is 2. The zero-order valence-corrected chi connectivity index (χ0v) is 12.4. The number of nitrogens with one attached hydrogen (secondary N) is 1. The summed E-state index contributed by atoms with van der Waals surface area (Å²) in [5, 5.41) is 7.42. The molecule has 0 spiro atoms. The van der Waals surface area contributed by atoms with Crippen molar-refractivity contribution in [3.63, 3.8) is 0 Å². The lowest BCUT2D eigenvalue weighted by Gasteiger charge is -2.09. The summed E-state index contributed by atoms with van der Waals surface area (Å²) in [5.41, 5.74) is 1.12. The van der Waals surface area contributed by atoms with Crippen LogP contribution in [0.2, 0.25) is 0 Å². The number of hydrogen-bond donors (Lipinski definition) is 1. The van der Waals surface area contributed by atoms with E-state index in [2.05, 4.69) is 21.5 Å². The number of aromatic nitrogens is 3. The molecule has 1 heterocycles. The van der Waals surface area contributed by atoms with Crippen LogP contribution >= 0.6 is 0 Å². The van der Waals surface area contributed by atoms with E-state index in [-0.39, 0.29) is 0 Å². The summed E-state index contributed by atoms with van der Waals surface area (Å²) >= 11 is 0. The minimum absolute atomic E-state index is 0.671. The fourth-order valence-corrected chi connectivity index (χ4v) is 2.16. The van der Waals surface area contributed by atoms with Crippen molar-refractivity contribution >= 4 is 5.95 Å². The van der Waals surface area contributed by atoms with E-state index in [1.165, 1.54) is 0 Å². The van der Waals surface area contributed by atoms with Gasteiger partial charge in [-0.15, -0.1) is 0 Å². The first kappa shape index (κ1) is 14.1. The van der Waals surface area contributed by atoms with Crippen molar-refractivity contribution in [3.05, 3.63) is 66.5 Å². The standard InChI is InChI=1S/C17H18N4O/c1-2-21-17(19-13-20-21)18-12-14-7-6-10-16(11-14)22-15-8-4-3-5-9-15/h3-11,13H,2,12H2,1H3,(H,18,19,20). The van der Waals surface area contributed by atoms with Gasteiger partial charge >= 0.3 is 0 Å². The third-order valence-corrected chi connectivity index (χ3v) is 3.24. The van der Waals surface area contributed by atoms with Gasteiger partial charge in [0.1, 0.15) is 17.8 Å². The maximum absolute atomic E-state index is 5.84. The van der Waals surface area contributed by atoms with E-state index in [0.29, 0.717) is 6.54 Å². The number of rotatable bonds is 6. The molecule has 22 heavy (non-hydrogen) atoms. The Morgan fingerprint density at radius 2 is 1.86 bits per heavy atom. The molecule has 2 aromatic carbocycles. The molecule has 112 valence electrons. The monoisotopic (exact) mass is 294 g/mol. The molecule has 0 unspecified atom stereocenters. The van der Waals surface area contributed by atoms with Gasteiger partial charge in [0.15, 0.2) is 0 Å². The highest BCUT2D eigenvalue weighted by Crippen LogP contribution is 2.22. The molecular weight excluding hydrogens is 276 g/mol. The Bertz CT molecular complexity index is 724. The van der Waals surface area contributed by atoms with E-state index in [1.54, 1.807) is 6.33 Å². The summed E-state index contributed by atoms with van der Waals surface area (Å²) in [6.07, 6.45) is 1.56. The highest BCUT2D eigenvalue weighted by atomic mass is 16.5. The van der Waals surface area contributed by atoms with Crippen LogP contribution < -0.4 is 10.1 Å². The number of anilines is 1. The van der Waals surface area contributed by atoms with Crippen molar-refractivity contribution in [3.8, 4) is 11.5 Å². The zero-order valence-electron chi connectivity index (χ0n) is 12.4. The van der Waals surface area contributed by atoms with E-state index in [0.717, 1.165) is 29.6 Å². The predicted octanol–water partition coefficient (Wildman–Crippen LogP) is 3.70. The zero-order chi connectivity index (χ0) is 15.2. The van der Waals surface area contributed by atoms with Crippen molar-refractivity contribution < 1.29 is 4.74 Å². The van der Waals surface area contributed by atoms with Crippen molar-refractivity contribution in [2.24, 2.45) is 0 Å². The average molecular weight is 294 g/mol. The summed E-state index contributed by atoms with van der Waals surface area (Å²) in [6, 6.07) is 17.8. The first-order valence-electron chi connectivity index (χ1n) is 7.28. The third-order valence-electron chi connectivity index (χ3n) is 3.24. The summed E-state index contributed by atoms with van der Waals surface area (Å²) in [5.74, 6) is 2.43. The molecule has 0 aliphatic carbocycles. The maximum Gasteiger partial charge on any atom is 0.221 e. The van der Waals surface area contributed by atoms with Crippen molar-refractivity contribution in [2.45, 2.75) is 20.0 Å². The molecule has 0 radical (unpaired) electrons. The van der Waals surface area contributed by atoms with E-state index >= 15 is 0 Å². The van der Waals surface area contributed by atoms with Crippen LogP contribution in [0, 0.1) is 0 Å². The van der Waals surface area contributed by atoms with Gasteiger partial charge in [-0.05, 0) is 36.8 Å². The Morgan fingerprint density at radius 3 is 2.68 bits per heavy atom. The lowest BCUT2D eigenvalue weighted by Crippen LogP contribution is -2.07. The van der Waals surface area contributed by atoms with Gasteiger partial charge in [-0.25, -0.2) is 4.68 Å². The Morgan fingerprint density at radius 1 is 1.05 bits per heavy atom. The third kappa shape index (κ3) is 3.44. The minimum Gasteiger partial charge on any atom is -0.457 e. The summed E-state index contributed by atoms with van der Waals surface area (Å²) in [4.78, 5) is 4.20. The second kappa shape index (κ2) is 6.76. The SMILES string of the molecule is CCn1ncnc1NCc1cccc(Oc2ccccc2)c1. The Labute approximate surface area is 129 Å². The van der Waals surface area contributed by atoms with Crippen molar-refractivity contribution in [1.29, 1.82) is 0 Å². The van der Waals surface area contributed by atoms with Crippen LogP contribution in [-0.4, -0.2) is 14.8 Å². The molecule has 0 bridgehead atoms. The minimum atomic E-state index is 0.671. The largest absolute Gasteiger partial charge is 0.457 e. The molecule has 0 saturated heterocycles. The normalized spacial score (nSPS) is 10.4. The van der Waals surface area contributed by atoms with Gasteiger partial charge in [-0.3, -0.25) is 0 Å². The molecule has 3 aromatic rings. The van der Waals surface area contributed by atoms with Crippen LogP contribution in [0.15, 0.2) is 60.9 Å². The number of para-hydroxylation sites is 1. The van der Waals surface area contributed by atoms with Crippen molar-refractivity contribution in [2.75, 3.05) is 5.32 Å². The van der Waals surface area contributed by atoms with Gasteiger partial charge in [0.25, 0.3) is 0 Å². The molecule has 0 fully saturated rings. The molecule has 1 N–H and O–H groups in total. The molecule has 0 saturated carbocycles. The number of hydrogen-bond acceptors (Lipinski definition) is 4. The highest BCUT2D eigenvalue weighted by Gasteiger charge is 2.03. The topological polar surface area (TPSA) is 52.0 Å². The second-order valence-corrected chi connectivity index (χ2v) is 4.82. The summed E-state index contributed by atoms with van der Waals surface area (Å²) < 4.78 is 7.66. The van der Waals surface area contributed by atoms with Gasteiger partial charge < -0.3 is 10.1 Å². The molecule has 0 atom stereocenters. The van der Waals surface area contributed by atoms with Crippen molar-refractivity contribution in [1.82, 2.24) is 14.8 Å². The quantitative estimate of drug-likeness (QED) is 0.753. The Balaban J connectivity index is 1.66. The molecule has 5 nitrogen and oxygen atoms in total. The van der Waals surface area contributed by atoms with E-state index < -0.39 is 0 Å². The van der Waals surface area contributed by atoms with Gasteiger partial charge in [0.2, 0.25) is 5.95 Å². The number of nitrogens with zero attached hydrogens (tertiary/aromatic N) is 3. The molecule has 0 aliphatic heterocycles. The van der Waals surface area contributed by atoms with Gasteiger partial charge in [-0.1, -0.05) is 30.3 Å². The fraction of sp³-hybridized carbons (Fsp3) is 0.176. The molecule has 3 rings (SSSR count). The molecule has 5 heteroatoms.